The van der Waals surface area contributed by atoms with Crippen LogP contribution in [0.3, 0.4) is 0 Å². The van der Waals surface area contributed by atoms with Crippen molar-refractivity contribution in [1.82, 2.24) is 4.57 Å². The van der Waals surface area contributed by atoms with Crippen molar-refractivity contribution in [2.24, 2.45) is 0 Å². The van der Waals surface area contributed by atoms with Gasteiger partial charge in [-0.25, -0.2) is 4.79 Å². The van der Waals surface area contributed by atoms with E-state index >= 15 is 0 Å². The molecule has 18 heavy (non-hydrogen) atoms. The minimum Gasteiger partial charge on any atom is -0.477 e. The third kappa shape index (κ3) is 1.85. The number of thiophene rings is 1. The standard InChI is InChI=1S/C13H12ClNO2S/c14-8-6-11(13(16)17)15(7-8)10-2-1-3-12-9(10)4-5-18-12/h4-7,10H,1-3H2,(H,16,17). The third-order valence-corrected chi connectivity index (χ3v) is 4.59. The highest BCUT2D eigenvalue weighted by Gasteiger charge is 2.26. The number of fused-ring (bicyclic) bond motifs is 1. The number of aryl methyl sites for hydroxylation is 1. The largest absolute Gasteiger partial charge is 0.477 e. The van der Waals surface area contributed by atoms with Gasteiger partial charge in [0.05, 0.1) is 11.1 Å². The van der Waals surface area contributed by atoms with Crippen molar-refractivity contribution in [3.63, 3.8) is 0 Å². The lowest BCUT2D eigenvalue weighted by atomic mass is 9.94. The lowest BCUT2D eigenvalue weighted by molar-refractivity contribution is 0.0683. The Kier molecular flexibility index (Phi) is 2.92. The highest BCUT2D eigenvalue weighted by molar-refractivity contribution is 7.10. The van der Waals surface area contributed by atoms with Crippen molar-refractivity contribution in [1.29, 1.82) is 0 Å². The second kappa shape index (κ2) is 4.44. The van der Waals surface area contributed by atoms with Crippen LogP contribution in [0.1, 0.15) is 39.8 Å². The minimum atomic E-state index is -0.927. The number of carbonyl (C=O) groups is 1. The van der Waals surface area contributed by atoms with E-state index in [1.807, 2.05) is 0 Å². The van der Waals surface area contributed by atoms with Gasteiger partial charge in [0, 0.05) is 11.1 Å². The van der Waals surface area contributed by atoms with E-state index < -0.39 is 5.97 Å². The molecule has 3 nitrogen and oxygen atoms in total. The van der Waals surface area contributed by atoms with Gasteiger partial charge in [0.2, 0.25) is 0 Å². The van der Waals surface area contributed by atoms with Crippen LogP contribution in [0, 0.1) is 0 Å². The summed E-state index contributed by atoms with van der Waals surface area (Å²) in [5.74, 6) is -0.927. The molecule has 5 heteroatoms. The van der Waals surface area contributed by atoms with Crippen LogP contribution in [0.4, 0.5) is 0 Å². The Labute approximate surface area is 114 Å². The van der Waals surface area contributed by atoms with E-state index in [2.05, 4.69) is 11.4 Å². The minimum absolute atomic E-state index is 0.110. The topological polar surface area (TPSA) is 42.2 Å². The van der Waals surface area contributed by atoms with Gasteiger partial charge in [0.15, 0.2) is 0 Å². The normalized spacial score (nSPS) is 18.6. The van der Waals surface area contributed by atoms with Gasteiger partial charge in [0.1, 0.15) is 5.69 Å². The van der Waals surface area contributed by atoms with Crippen LogP contribution in [-0.4, -0.2) is 15.6 Å². The van der Waals surface area contributed by atoms with Gasteiger partial charge in [-0.2, -0.15) is 0 Å². The number of nitrogens with zero attached hydrogens (tertiary/aromatic N) is 1. The number of aromatic nitrogens is 1. The maximum atomic E-state index is 11.3. The van der Waals surface area contributed by atoms with E-state index in [1.54, 1.807) is 22.1 Å². The van der Waals surface area contributed by atoms with Crippen molar-refractivity contribution in [3.8, 4) is 0 Å². The first-order chi connectivity index (χ1) is 8.66. The predicted octanol–water partition coefficient (Wildman–Crippen LogP) is 3.83. The number of hydrogen-bond acceptors (Lipinski definition) is 2. The fourth-order valence-electron chi connectivity index (χ4n) is 2.63. The molecule has 0 aromatic carbocycles. The Balaban J connectivity index is 2.10. The van der Waals surface area contributed by atoms with Crippen molar-refractivity contribution >= 4 is 28.9 Å². The summed E-state index contributed by atoms with van der Waals surface area (Å²) in [4.78, 5) is 12.6. The van der Waals surface area contributed by atoms with Crippen molar-refractivity contribution in [2.45, 2.75) is 25.3 Å². The molecule has 0 radical (unpaired) electrons. The van der Waals surface area contributed by atoms with Crippen LogP contribution in [0.25, 0.3) is 0 Å². The summed E-state index contributed by atoms with van der Waals surface area (Å²) in [7, 11) is 0. The Morgan fingerprint density at radius 1 is 1.56 bits per heavy atom. The maximum Gasteiger partial charge on any atom is 0.352 e. The van der Waals surface area contributed by atoms with E-state index in [0.717, 1.165) is 19.3 Å². The zero-order chi connectivity index (χ0) is 12.7. The molecule has 1 aliphatic carbocycles. The zero-order valence-electron chi connectivity index (χ0n) is 9.60. The Morgan fingerprint density at radius 2 is 2.39 bits per heavy atom. The van der Waals surface area contributed by atoms with E-state index in [4.69, 9.17) is 11.6 Å². The van der Waals surface area contributed by atoms with Gasteiger partial charge in [-0.15, -0.1) is 11.3 Å². The second-order valence-electron chi connectivity index (χ2n) is 4.46. The molecule has 1 N–H and O–H groups in total. The Hall–Kier alpha value is -1.26. The summed E-state index contributed by atoms with van der Waals surface area (Å²) < 4.78 is 1.80. The summed E-state index contributed by atoms with van der Waals surface area (Å²) in [6, 6.07) is 3.73. The molecule has 0 amide bonds. The molecule has 0 bridgehead atoms. The van der Waals surface area contributed by atoms with Crippen molar-refractivity contribution in [2.75, 3.05) is 0 Å². The van der Waals surface area contributed by atoms with Crippen molar-refractivity contribution in [3.05, 3.63) is 44.9 Å². The van der Waals surface area contributed by atoms with E-state index in [9.17, 15) is 9.90 Å². The maximum absolute atomic E-state index is 11.3. The fourth-order valence-corrected chi connectivity index (χ4v) is 3.82. The van der Waals surface area contributed by atoms with Crippen LogP contribution in [0.15, 0.2) is 23.7 Å². The van der Waals surface area contributed by atoms with E-state index in [1.165, 1.54) is 16.5 Å². The highest BCUT2D eigenvalue weighted by atomic mass is 35.5. The molecule has 0 aliphatic heterocycles. The number of hydrogen-bond donors (Lipinski definition) is 1. The molecule has 0 saturated carbocycles. The van der Waals surface area contributed by atoms with Crippen LogP contribution < -0.4 is 0 Å². The Bertz CT molecular complexity index is 602. The zero-order valence-corrected chi connectivity index (χ0v) is 11.2. The summed E-state index contributed by atoms with van der Waals surface area (Å²) in [6.45, 7) is 0. The summed E-state index contributed by atoms with van der Waals surface area (Å²) >= 11 is 7.70. The first-order valence-electron chi connectivity index (χ1n) is 5.84. The van der Waals surface area contributed by atoms with Gasteiger partial charge in [-0.05, 0) is 42.3 Å². The molecule has 1 atom stereocenters. The van der Waals surface area contributed by atoms with Gasteiger partial charge < -0.3 is 9.67 Å². The first-order valence-corrected chi connectivity index (χ1v) is 7.09. The van der Waals surface area contributed by atoms with Crippen LogP contribution in [-0.2, 0) is 6.42 Å². The number of halogens is 1. The molecular weight excluding hydrogens is 270 g/mol. The molecule has 94 valence electrons. The molecule has 1 aliphatic rings. The molecule has 0 saturated heterocycles. The molecule has 1 unspecified atom stereocenters. The lowest BCUT2D eigenvalue weighted by Gasteiger charge is -2.25. The number of carboxylic acid groups (broad SMARTS) is 1. The van der Waals surface area contributed by atoms with Gasteiger partial charge in [-0.3, -0.25) is 0 Å². The quantitative estimate of drug-likeness (QED) is 0.909. The summed E-state index contributed by atoms with van der Waals surface area (Å²) in [6.07, 6.45) is 4.88. The fraction of sp³-hybridized carbons (Fsp3) is 0.308. The molecule has 0 spiro atoms. The monoisotopic (exact) mass is 281 g/mol. The van der Waals surface area contributed by atoms with Crippen LogP contribution in [0.2, 0.25) is 5.02 Å². The van der Waals surface area contributed by atoms with Crippen LogP contribution >= 0.6 is 22.9 Å². The summed E-state index contributed by atoms with van der Waals surface area (Å²) in [5.41, 5.74) is 1.52. The van der Waals surface area contributed by atoms with E-state index in [0.29, 0.717) is 5.02 Å². The van der Waals surface area contributed by atoms with Crippen molar-refractivity contribution < 1.29 is 9.90 Å². The average molecular weight is 282 g/mol. The second-order valence-corrected chi connectivity index (χ2v) is 5.90. The molecule has 2 aromatic rings. The Morgan fingerprint density at radius 3 is 3.17 bits per heavy atom. The smallest absolute Gasteiger partial charge is 0.352 e. The van der Waals surface area contributed by atoms with Gasteiger partial charge in [0.25, 0.3) is 0 Å². The van der Waals surface area contributed by atoms with E-state index in [-0.39, 0.29) is 11.7 Å². The highest BCUT2D eigenvalue weighted by Crippen LogP contribution is 2.37. The SMILES string of the molecule is O=C(O)c1cc(Cl)cn1C1CCCc2sccc21. The number of carboxylic acids is 1. The average Bonchev–Trinajstić information content (AvgIpc) is 2.94. The van der Waals surface area contributed by atoms with Crippen LogP contribution in [0.5, 0.6) is 0 Å². The first kappa shape index (κ1) is 11.8. The molecule has 3 rings (SSSR count). The molecule has 0 fully saturated rings. The summed E-state index contributed by atoms with van der Waals surface area (Å²) in [5, 5.41) is 11.8. The molecule has 2 heterocycles. The number of aromatic carboxylic acids is 1. The predicted molar refractivity (Wildman–Crippen MR) is 71.8 cm³/mol. The van der Waals surface area contributed by atoms with Gasteiger partial charge in [-0.1, -0.05) is 11.6 Å². The number of rotatable bonds is 2. The lowest BCUT2D eigenvalue weighted by Crippen LogP contribution is -2.18. The molecule has 2 aromatic heterocycles. The third-order valence-electron chi connectivity index (χ3n) is 3.39. The molecular formula is C13H12ClNO2S. The van der Waals surface area contributed by atoms with Gasteiger partial charge >= 0.3 is 5.97 Å².